The van der Waals surface area contributed by atoms with Crippen LogP contribution in [0.1, 0.15) is 40.5 Å². The number of ether oxygens (including phenoxy) is 1. The highest BCUT2D eigenvalue weighted by Gasteiger charge is 2.25. The molecule has 0 aromatic heterocycles. The average Bonchev–Trinajstić information content (AvgIpc) is 2.84. The second-order valence-electron chi connectivity index (χ2n) is 8.20. The second kappa shape index (κ2) is 11.5. The first-order valence-electron chi connectivity index (χ1n) is 11.3. The number of anilines is 2. The number of likely N-dealkylation sites (N-methyl/N-ethyl adjacent to an activating group) is 1. The SMILES string of the molecule is CCCCOC(=O)c1ccc(NC(=O)c2ccc(N3CCN(C)CC3)c(S(=O)(=O)NC)c2)cc1. The summed E-state index contributed by atoms with van der Waals surface area (Å²) >= 11 is 0. The van der Waals surface area contributed by atoms with Crippen molar-refractivity contribution >= 4 is 33.3 Å². The number of sulfonamides is 1. The lowest BCUT2D eigenvalue weighted by Crippen LogP contribution is -2.45. The zero-order chi connectivity index (χ0) is 24.7. The van der Waals surface area contributed by atoms with Crippen LogP contribution in [0.5, 0.6) is 0 Å². The number of esters is 1. The van der Waals surface area contributed by atoms with Gasteiger partial charge in [-0.1, -0.05) is 13.3 Å². The minimum Gasteiger partial charge on any atom is -0.462 e. The molecule has 0 aliphatic carbocycles. The molecule has 0 spiro atoms. The van der Waals surface area contributed by atoms with E-state index < -0.39 is 21.9 Å². The van der Waals surface area contributed by atoms with Gasteiger partial charge in [0.05, 0.1) is 17.9 Å². The molecule has 1 fully saturated rings. The molecular weight excluding hydrogens is 456 g/mol. The van der Waals surface area contributed by atoms with E-state index in [-0.39, 0.29) is 10.5 Å². The lowest BCUT2D eigenvalue weighted by Gasteiger charge is -2.35. The molecule has 0 bridgehead atoms. The third-order valence-corrected chi connectivity index (χ3v) is 7.18. The number of rotatable bonds is 9. The van der Waals surface area contributed by atoms with E-state index in [4.69, 9.17) is 4.74 Å². The van der Waals surface area contributed by atoms with Gasteiger partial charge in [-0.2, -0.15) is 0 Å². The third-order valence-electron chi connectivity index (χ3n) is 5.73. The summed E-state index contributed by atoms with van der Waals surface area (Å²) in [5.41, 5.74) is 1.67. The number of piperazine rings is 1. The number of nitrogens with zero attached hydrogens (tertiary/aromatic N) is 2. The van der Waals surface area contributed by atoms with Gasteiger partial charge in [0.15, 0.2) is 0 Å². The summed E-state index contributed by atoms with van der Waals surface area (Å²) in [6.07, 6.45) is 1.74. The largest absolute Gasteiger partial charge is 0.462 e. The maximum atomic E-state index is 12.9. The lowest BCUT2D eigenvalue weighted by molar-refractivity contribution is 0.0499. The van der Waals surface area contributed by atoms with Gasteiger partial charge >= 0.3 is 5.97 Å². The molecule has 10 heteroatoms. The highest BCUT2D eigenvalue weighted by atomic mass is 32.2. The fourth-order valence-corrected chi connectivity index (χ4v) is 4.55. The molecule has 0 saturated carbocycles. The molecule has 0 unspecified atom stereocenters. The Labute approximate surface area is 201 Å². The summed E-state index contributed by atoms with van der Waals surface area (Å²) in [6.45, 7) is 5.42. The van der Waals surface area contributed by atoms with Crippen LogP contribution < -0.4 is 14.9 Å². The fraction of sp³-hybridized carbons (Fsp3) is 0.417. The molecule has 1 aliphatic heterocycles. The van der Waals surface area contributed by atoms with E-state index in [9.17, 15) is 18.0 Å². The first kappa shape index (κ1) is 25.7. The Bertz CT molecular complexity index is 1110. The summed E-state index contributed by atoms with van der Waals surface area (Å²) in [5, 5.41) is 2.75. The molecule has 0 atom stereocenters. The third kappa shape index (κ3) is 6.34. The lowest BCUT2D eigenvalue weighted by atomic mass is 10.1. The van der Waals surface area contributed by atoms with Crippen molar-refractivity contribution in [3.8, 4) is 0 Å². The Morgan fingerprint density at radius 2 is 1.65 bits per heavy atom. The zero-order valence-corrected chi connectivity index (χ0v) is 20.7. The van der Waals surface area contributed by atoms with Gasteiger partial charge in [-0.05, 0) is 63.0 Å². The van der Waals surface area contributed by atoms with E-state index >= 15 is 0 Å². The molecule has 184 valence electrons. The summed E-state index contributed by atoms with van der Waals surface area (Å²) in [5.74, 6) is -0.858. The molecule has 1 heterocycles. The number of hydrogen-bond donors (Lipinski definition) is 2. The van der Waals surface area contributed by atoms with Crippen LogP contribution in [-0.2, 0) is 14.8 Å². The Morgan fingerprint density at radius 1 is 1.00 bits per heavy atom. The summed E-state index contributed by atoms with van der Waals surface area (Å²) in [4.78, 5) is 29.2. The number of nitrogens with one attached hydrogen (secondary N) is 2. The molecule has 2 aromatic carbocycles. The maximum absolute atomic E-state index is 12.9. The van der Waals surface area contributed by atoms with Crippen LogP contribution in [0.15, 0.2) is 47.4 Å². The van der Waals surface area contributed by atoms with Gasteiger partial charge in [0.2, 0.25) is 10.0 Å². The van der Waals surface area contributed by atoms with Crippen molar-refractivity contribution in [3.63, 3.8) is 0 Å². The highest BCUT2D eigenvalue weighted by molar-refractivity contribution is 7.89. The predicted molar refractivity (Wildman–Crippen MR) is 132 cm³/mol. The average molecular weight is 489 g/mol. The molecule has 34 heavy (non-hydrogen) atoms. The topological polar surface area (TPSA) is 108 Å². The van der Waals surface area contributed by atoms with E-state index in [1.807, 2.05) is 18.9 Å². The van der Waals surface area contributed by atoms with E-state index in [1.54, 1.807) is 36.4 Å². The fourth-order valence-electron chi connectivity index (χ4n) is 3.57. The van der Waals surface area contributed by atoms with Gasteiger partial charge in [-0.25, -0.2) is 17.9 Å². The van der Waals surface area contributed by atoms with Gasteiger partial charge in [-0.15, -0.1) is 0 Å². The Balaban J connectivity index is 1.77. The monoisotopic (exact) mass is 488 g/mol. The van der Waals surface area contributed by atoms with Gasteiger partial charge in [-0.3, -0.25) is 4.79 Å². The molecule has 9 nitrogen and oxygen atoms in total. The van der Waals surface area contributed by atoms with E-state index in [2.05, 4.69) is 14.9 Å². The molecule has 1 amide bonds. The van der Waals surface area contributed by atoms with Gasteiger partial charge in [0.1, 0.15) is 4.90 Å². The number of carbonyl (C=O) groups is 2. The number of unbranched alkanes of at least 4 members (excludes halogenated alkanes) is 1. The summed E-state index contributed by atoms with van der Waals surface area (Å²) in [6, 6.07) is 11.1. The van der Waals surface area contributed by atoms with Crippen LogP contribution in [0.3, 0.4) is 0 Å². The van der Waals surface area contributed by atoms with Crippen LogP contribution in [0.25, 0.3) is 0 Å². The standard InChI is InChI=1S/C24H32N4O5S/c1-4-5-16-33-24(30)18-6-9-20(10-7-18)26-23(29)19-8-11-21(22(17-19)34(31,32)25-2)28-14-12-27(3)13-15-28/h6-11,17,25H,4-5,12-16H2,1-3H3,(H,26,29). The van der Waals surface area contributed by atoms with Crippen LogP contribution in [-0.4, -0.2) is 72.1 Å². The highest BCUT2D eigenvalue weighted by Crippen LogP contribution is 2.28. The zero-order valence-electron chi connectivity index (χ0n) is 19.8. The Kier molecular flexibility index (Phi) is 8.65. The molecule has 0 radical (unpaired) electrons. The molecule has 2 N–H and O–H groups in total. The van der Waals surface area contributed by atoms with Crippen molar-refractivity contribution in [1.29, 1.82) is 0 Å². The van der Waals surface area contributed by atoms with Crippen molar-refractivity contribution in [1.82, 2.24) is 9.62 Å². The van der Waals surface area contributed by atoms with Gasteiger partial charge in [0, 0.05) is 37.4 Å². The molecular formula is C24H32N4O5S. The van der Waals surface area contributed by atoms with Crippen LogP contribution in [0.4, 0.5) is 11.4 Å². The smallest absolute Gasteiger partial charge is 0.338 e. The minimum atomic E-state index is -3.78. The van der Waals surface area contributed by atoms with Crippen molar-refractivity contribution in [3.05, 3.63) is 53.6 Å². The number of hydrogen-bond acceptors (Lipinski definition) is 7. The van der Waals surface area contributed by atoms with Gasteiger partial charge < -0.3 is 19.9 Å². The molecule has 1 aliphatic rings. The number of amides is 1. The maximum Gasteiger partial charge on any atom is 0.338 e. The quantitative estimate of drug-likeness (QED) is 0.413. The minimum absolute atomic E-state index is 0.0670. The summed E-state index contributed by atoms with van der Waals surface area (Å²) < 4.78 is 33.0. The Morgan fingerprint density at radius 3 is 2.26 bits per heavy atom. The number of benzene rings is 2. The van der Waals surface area contributed by atoms with Crippen LogP contribution >= 0.6 is 0 Å². The predicted octanol–water partition coefficient (Wildman–Crippen LogP) is 2.56. The summed E-state index contributed by atoms with van der Waals surface area (Å²) in [7, 11) is -0.405. The van der Waals surface area contributed by atoms with Crippen molar-refractivity contribution in [2.24, 2.45) is 0 Å². The Hall–Kier alpha value is -2.95. The second-order valence-corrected chi connectivity index (χ2v) is 10.1. The first-order chi connectivity index (χ1) is 16.2. The van der Waals surface area contributed by atoms with Gasteiger partial charge in [0.25, 0.3) is 5.91 Å². The van der Waals surface area contributed by atoms with Crippen LogP contribution in [0, 0.1) is 0 Å². The van der Waals surface area contributed by atoms with Crippen LogP contribution in [0.2, 0.25) is 0 Å². The van der Waals surface area contributed by atoms with Crippen molar-refractivity contribution in [2.45, 2.75) is 24.7 Å². The molecule has 2 aromatic rings. The van der Waals surface area contributed by atoms with Crippen molar-refractivity contribution < 1.29 is 22.7 Å². The normalized spacial score (nSPS) is 14.6. The first-order valence-corrected chi connectivity index (χ1v) is 12.8. The van der Waals surface area contributed by atoms with E-state index in [0.717, 1.165) is 25.9 Å². The van der Waals surface area contributed by atoms with E-state index in [1.165, 1.54) is 13.1 Å². The number of carbonyl (C=O) groups excluding carboxylic acids is 2. The van der Waals surface area contributed by atoms with E-state index in [0.29, 0.717) is 36.6 Å². The molecule has 3 rings (SSSR count). The van der Waals surface area contributed by atoms with Crippen molar-refractivity contribution in [2.75, 3.05) is 57.1 Å². The molecule has 1 saturated heterocycles.